The Morgan fingerprint density at radius 1 is 1.35 bits per heavy atom. The van der Waals surface area contributed by atoms with E-state index in [0.29, 0.717) is 21.2 Å². The maximum atomic E-state index is 13.8. The molecular weight excluding hydrogens is 331 g/mol. The summed E-state index contributed by atoms with van der Waals surface area (Å²) in [4.78, 5) is 17.4. The second-order valence-corrected chi connectivity index (χ2v) is 7.20. The fourth-order valence-corrected chi connectivity index (χ4v) is 4.18. The van der Waals surface area contributed by atoms with Crippen molar-refractivity contribution in [2.45, 2.75) is 37.2 Å². The molecule has 2 heterocycles. The van der Waals surface area contributed by atoms with Crippen molar-refractivity contribution in [3.8, 4) is 0 Å². The van der Waals surface area contributed by atoms with Gasteiger partial charge in [-0.2, -0.15) is 0 Å². The average Bonchev–Trinajstić information content (AvgIpc) is 3.02. The van der Waals surface area contributed by atoms with Crippen LogP contribution in [0.5, 0.6) is 0 Å². The van der Waals surface area contributed by atoms with Crippen LogP contribution >= 0.6 is 23.1 Å². The molecule has 3 aromatic rings. The Kier molecular flexibility index (Phi) is 4.82. The molecule has 0 spiro atoms. The third-order valence-corrected chi connectivity index (χ3v) is 5.72. The molecule has 0 radical (unpaired) electrons. The fourth-order valence-electron chi connectivity index (χ4n) is 2.33. The molecule has 3 nitrogen and oxygen atoms in total. The van der Waals surface area contributed by atoms with Crippen LogP contribution < -0.4 is 5.56 Å². The summed E-state index contributed by atoms with van der Waals surface area (Å²) in [5, 5.41) is 2.53. The van der Waals surface area contributed by atoms with E-state index in [1.165, 1.54) is 29.2 Å². The minimum absolute atomic E-state index is 0.00427. The fraction of sp³-hybridized carbons (Fsp3) is 0.294. The third-order valence-electron chi connectivity index (χ3n) is 3.83. The Balaban J connectivity index is 2.02. The number of hydrogen-bond donors (Lipinski definition) is 0. The molecule has 0 bridgehead atoms. The number of halogens is 1. The van der Waals surface area contributed by atoms with Gasteiger partial charge in [0.05, 0.1) is 5.52 Å². The van der Waals surface area contributed by atoms with Gasteiger partial charge in [0.1, 0.15) is 10.5 Å². The summed E-state index contributed by atoms with van der Waals surface area (Å²) in [6.07, 6.45) is 0.839. The first kappa shape index (κ1) is 16.2. The second-order valence-electron chi connectivity index (χ2n) is 5.34. The van der Waals surface area contributed by atoms with Gasteiger partial charge in [0.15, 0.2) is 5.16 Å². The predicted octanol–water partition coefficient (Wildman–Crippen LogP) is 4.86. The number of thioether (sulfide) groups is 1. The largest absolute Gasteiger partial charge is 0.284 e. The van der Waals surface area contributed by atoms with Gasteiger partial charge in [0.2, 0.25) is 0 Å². The number of benzene rings is 1. The minimum atomic E-state index is -0.228. The summed E-state index contributed by atoms with van der Waals surface area (Å²) >= 11 is 2.82. The van der Waals surface area contributed by atoms with Crippen LogP contribution in [0.3, 0.4) is 0 Å². The van der Waals surface area contributed by atoms with Crippen molar-refractivity contribution in [2.24, 2.45) is 0 Å². The molecule has 1 atom stereocenters. The summed E-state index contributed by atoms with van der Waals surface area (Å²) in [5.74, 6) is 0.222. The number of nitrogens with zero attached hydrogens (tertiary/aromatic N) is 2. The second kappa shape index (κ2) is 6.84. The van der Waals surface area contributed by atoms with Crippen molar-refractivity contribution in [1.29, 1.82) is 0 Å². The van der Waals surface area contributed by atoms with E-state index in [1.54, 1.807) is 16.7 Å². The molecule has 1 aromatic carbocycles. The Morgan fingerprint density at radius 2 is 2.13 bits per heavy atom. The van der Waals surface area contributed by atoms with E-state index in [-0.39, 0.29) is 17.4 Å². The SMILES string of the molecule is CC[C@H](C)n1c(SCc2ccccc2F)nc2ccsc2c1=O. The summed E-state index contributed by atoms with van der Waals surface area (Å²) < 4.78 is 16.2. The molecule has 6 heteroatoms. The molecule has 0 unspecified atom stereocenters. The first-order valence-corrected chi connectivity index (χ1v) is 9.34. The molecule has 0 aliphatic heterocycles. The summed E-state index contributed by atoms with van der Waals surface area (Å²) in [5.41, 5.74) is 1.33. The zero-order valence-corrected chi connectivity index (χ0v) is 14.6. The lowest BCUT2D eigenvalue weighted by Crippen LogP contribution is -2.25. The van der Waals surface area contributed by atoms with Crippen molar-refractivity contribution >= 4 is 33.3 Å². The van der Waals surface area contributed by atoms with Gasteiger partial charge < -0.3 is 0 Å². The van der Waals surface area contributed by atoms with Gasteiger partial charge in [0.25, 0.3) is 5.56 Å². The standard InChI is InChI=1S/C17H17FN2OS2/c1-3-11(2)20-16(21)15-14(8-9-22-15)19-17(20)23-10-12-6-4-5-7-13(12)18/h4-9,11H,3,10H2,1-2H3/t11-/m0/s1. The minimum Gasteiger partial charge on any atom is -0.284 e. The average molecular weight is 348 g/mol. The Bertz CT molecular complexity index is 888. The van der Waals surface area contributed by atoms with Gasteiger partial charge in [-0.15, -0.1) is 11.3 Å². The number of rotatable bonds is 5. The Morgan fingerprint density at radius 3 is 2.87 bits per heavy atom. The first-order valence-electron chi connectivity index (χ1n) is 7.47. The predicted molar refractivity (Wildman–Crippen MR) is 94.8 cm³/mol. The lowest BCUT2D eigenvalue weighted by Gasteiger charge is -2.17. The number of fused-ring (bicyclic) bond motifs is 1. The van der Waals surface area contributed by atoms with Gasteiger partial charge >= 0.3 is 0 Å². The quantitative estimate of drug-likeness (QED) is 0.488. The number of hydrogen-bond acceptors (Lipinski definition) is 4. The van der Waals surface area contributed by atoms with Crippen LogP contribution in [0.4, 0.5) is 4.39 Å². The highest BCUT2D eigenvalue weighted by Gasteiger charge is 2.16. The molecule has 0 saturated carbocycles. The number of thiophene rings is 1. The van der Waals surface area contributed by atoms with E-state index in [9.17, 15) is 9.18 Å². The smallest absolute Gasteiger partial charge is 0.272 e. The van der Waals surface area contributed by atoms with Crippen molar-refractivity contribution in [3.63, 3.8) is 0 Å². The highest BCUT2D eigenvalue weighted by atomic mass is 32.2. The van der Waals surface area contributed by atoms with E-state index >= 15 is 0 Å². The molecule has 0 amide bonds. The van der Waals surface area contributed by atoms with Gasteiger partial charge in [0, 0.05) is 11.8 Å². The molecule has 0 fully saturated rings. The molecule has 3 rings (SSSR count). The topological polar surface area (TPSA) is 34.9 Å². The first-order chi connectivity index (χ1) is 11.1. The zero-order chi connectivity index (χ0) is 16.4. The van der Waals surface area contributed by atoms with Crippen LogP contribution in [0.2, 0.25) is 0 Å². The molecule has 0 aliphatic rings. The van der Waals surface area contributed by atoms with Gasteiger partial charge in [-0.1, -0.05) is 36.9 Å². The maximum Gasteiger partial charge on any atom is 0.272 e. The van der Waals surface area contributed by atoms with Crippen molar-refractivity contribution < 1.29 is 4.39 Å². The highest BCUT2D eigenvalue weighted by Crippen LogP contribution is 2.27. The van der Waals surface area contributed by atoms with E-state index in [0.717, 1.165) is 11.9 Å². The van der Waals surface area contributed by atoms with Gasteiger partial charge in [-0.05, 0) is 36.4 Å². The van der Waals surface area contributed by atoms with E-state index in [1.807, 2.05) is 31.4 Å². The summed E-state index contributed by atoms with van der Waals surface area (Å²) in [6, 6.07) is 8.62. The Labute approximate surface area is 142 Å². The van der Waals surface area contributed by atoms with Crippen LogP contribution in [-0.4, -0.2) is 9.55 Å². The molecule has 0 N–H and O–H groups in total. The summed E-state index contributed by atoms with van der Waals surface area (Å²) in [6.45, 7) is 4.05. The van der Waals surface area contributed by atoms with E-state index in [2.05, 4.69) is 4.98 Å². The molecule has 2 aromatic heterocycles. The van der Waals surface area contributed by atoms with Crippen LogP contribution in [0, 0.1) is 5.82 Å². The molecule has 0 aliphatic carbocycles. The molecule has 0 saturated heterocycles. The molecule has 23 heavy (non-hydrogen) atoms. The molecular formula is C17H17FN2OS2. The molecule has 120 valence electrons. The van der Waals surface area contributed by atoms with Crippen molar-refractivity contribution in [3.05, 3.63) is 57.4 Å². The third kappa shape index (κ3) is 3.19. The van der Waals surface area contributed by atoms with Crippen molar-refractivity contribution in [2.75, 3.05) is 0 Å². The lowest BCUT2D eigenvalue weighted by atomic mass is 10.2. The monoisotopic (exact) mass is 348 g/mol. The normalized spacial score (nSPS) is 12.7. The van der Waals surface area contributed by atoms with Crippen LogP contribution in [-0.2, 0) is 5.75 Å². The van der Waals surface area contributed by atoms with E-state index in [4.69, 9.17) is 0 Å². The van der Waals surface area contributed by atoms with E-state index < -0.39 is 0 Å². The Hall–Kier alpha value is -1.66. The van der Waals surface area contributed by atoms with Crippen LogP contribution in [0.15, 0.2) is 45.7 Å². The van der Waals surface area contributed by atoms with Gasteiger partial charge in [-0.25, -0.2) is 9.37 Å². The number of aromatic nitrogens is 2. The van der Waals surface area contributed by atoms with Gasteiger partial charge in [-0.3, -0.25) is 9.36 Å². The van der Waals surface area contributed by atoms with Crippen molar-refractivity contribution in [1.82, 2.24) is 9.55 Å². The van der Waals surface area contributed by atoms with Crippen LogP contribution in [0.1, 0.15) is 31.9 Å². The lowest BCUT2D eigenvalue weighted by molar-refractivity contribution is 0.468. The summed E-state index contributed by atoms with van der Waals surface area (Å²) in [7, 11) is 0. The maximum absolute atomic E-state index is 13.8. The van der Waals surface area contributed by atoms with Crippen LogP contribution in [0.25, 0.3) is 10.2 Å². The zero-order valence-electron chi connectivity index (χ0n) is 13.0. The highest BCUT2D eigenvalue weighted by molar-refractivity contribution is 7.98.